The monoisotopic (exact) mass is 401 g/mol. The molecule has 2 aromatic carbocycles. The maximum absolute atomic E-state index is 5.85. The van der Waals surface area contributed by atoms with Crippen LogP contribution in [0, 0.1) is 12.3 Å². The van der Waals surface area contributed by atoms with Gasteiger partial charge in [-0.3, -0.25) is 0 Å². The van der Waals surface area contributed by atoms with E-state index in [0.717, 1.165) is 15.8 Å². The Morgan fingerprint density at radius 2 is 2.08 bits per heavy atom. The van der Waals surface area contributed by atoms with Gasteiger partial charge in [-0.15, -0.1) is 11.5 Å². The van der Waals surface area contributed by atoms with Crippen LogP contribution in [0.5, 0.6) is 5.75 Å². The molecule has 0 unspecified atom stereocenters. The van der Waals surface area contributed by atoms with Crippen molar-refractivity contribution in [2.45, 2.75) is 5.75 Å². The van der Waals surface area contributed by atoms with Crippen molar-refractivity contribution in [3.05, 3.63) is 64.1 Å². The molecule has 0 heterocycles. The first-order valence-electron chi connectivity index (χ1n) is 7.08. The van der Waals surface area contributed by atoms with E-state index >= 15 is 0 Å². The number of nitrogens with two attached hydrogens (primary N) is 1. The molecule has 4 nitrogen and oxygen atoms in total. The second-order valence-corrected chi connectivity index (χ2v) is 6.49. The molecule has 0 fully saturated rings. The molecule has 0 radical (unpaired) electrons. The van der Waals surface area contributed by atoms with E-state index < -0.39 is 0 Å². The number of halogens is 1. The molecule has 122 valence electrons. The number of terminal acetylenes is 1. The van der Waals surface area contributed by atoms with Crippen LogP contribution in [0.2, 0.25) is 0 Å². The number of hydrogen-bond acceptors (Lipinski definition) is 4. The first-order chi connectivity index (χ1) is 11.7. The van der Waals surface area contributed by atoms with E-state index in [-0.39, 0.29) is 6.61 Å². The molecule has 0 spiro atoms. The van der Waals surface area contributed by atoms with Gasteiger partial charge in [0.15, 0.2) is 5.17 Å². The van der Waals surface area contributed by atoms with Crippen LogP contribution in [-0.4, -0.2) is 18.0 Å². The quantitative estimate of drug-likeness (QED) is 0.343. The van der Waals surface area contributed by atoms with Crippen LogP contribution >= 0.6 is 27.7 Å². The van der Waals surface area contributed by atoms with Gasteiger partial charge in [-0.25, -0.2) is 0 Å². The van der Waals surface area contributed by atoms with Crippen molar-refractivity contribution in [2.24, 2.45) is 15.9 Å². The average Bonchev–Trinajstić information content (AvgIpc) is 2.60. The minimum Gasteiger partial charge on any atom is -0.480 e. The number of rotatable bonds is 6. The third-order valence-corrected chi connectivity index (χ3v) is 4.33. The third kappa shape index (κ3) is 6.11. The number of thioether (sulfide) groups is 1. The Bertz CT molecular complexity index is 770. The second kappa shape index (κ2) is 9.81. The van der Waals surface area contributed by atoms with Crippen LogP contribution in [0.4, 0.5) is 0 Å². The molecule has 0 saturated heterocycles. The molecule has 2 rings (SSSR count). The van der Waals surface area contributed by atoms with Crippen LogP contribution in [0.15, 0.2) is 63.2 Å². The molecule has 0 aliphatic carbocycles. The van der Waals surface area contributed by atoms with Crippen molar-refractivity contribution in [3.63, 3.8) is 0 Å². The van der Waals surface area contributed by atoms with Crippen molar-refractivity contribution in [1.29, 1.82) is 0 Å². The van der Waals surface area contributed by atoms with Crippen LogP contribution in [0.3, 0.4) is 0 Å². The maximum atomic E-state index is 5.85. The molecule has 0 aliphatic heterocycles. The van der Waals surface area contributed by atoms with E-state index in [0.29, 0.717) is 10.9 Å². The molecule has 2 aromatic rings. The molecule has 0 bridgehead atoms. The van der Waals surface area contributed by atoms with Crippen molar-refractivity contribution in [1.82, 2.24) is 0 Å². The highest BCUT2D eigenvalue weighted by atomic mass is 79.9. The van der Waals surface area contributed by atoms with Crippen LogP contribution in [0.25, 0.3) is 0 Å². The number of amidine groups is 1. The first-order valence-corrected chi connectivity index (χ1v) is 8.86. The smallest absolute Gasteiger partial charge is 0.180 e. The molecule has 0 aliphatic rings. The summed E-state index contributed by atoms with van der Waals surface area (Å²) < 4.78 is 6.18. The lowest BCUT2D eigenvalue weighted by Gasteiger charge is -2.05. The summed E-state index contributed by atoms with van der Waals surface area (Å²) in [6.45, 7) is 0.228. The molecule has 24 heavy (non-hydrogen) atoms. The Hall–Kier alpha value is -2.23. The zero-order chi connectivity index (χ0) is 17.2. The summed E-state index contributed by atoms with van der Waals surface area (Å²) in [5.41, 5.74) is 7.91. The van der Waals surface area contributed by atoms with Gasteiger partial charge in [0.05, 0.1) is 10.7 Å². The Morgan fingerprint density at radius 1 is 1.29 bits per heavy atom. The minimum atomic E-state index is 0.228. The lowest BCUT2D eigenvalue weighted by atomic mass is 10.2. The normalized spacial score (nSPS) is 11.4. The number of hydrogen-bond donors (Lipinski definition) is 1. The Kier molecular flexibility index (Phi) is 7.40. The fourth-order valence-electron chi connectivity index (χ4n) is 1.75. The molecular weight excluding hydrogens is 386 g/mol. The van der Waals surface area contributed by atoms with E-state index in [2.05, 4.69) is 32.1 Å². The van der Waals surface area contributed by atoms with Crippen molar-refractivity contribution in [2.75, 3.05) is 6.61 Å². The highest BCUT2D eigenvalue weighted by molar-refractivity contribution is 9.10. The number of benzene rings is 2. The molecule has 0 aromatic heterocycles. The summed E-state index contributed by atoms with van der Waals surface area (Å²) in [6.07, 6.45) is 6.80. The van der Waals surface area contributed by atoms with E-state index in [1.807, 2.05) is 48.5 Å². The van der Waals surface area contributed by atoms with Gasteiger partial charge in [0.25, 0.3) is 0 Å². The summed E-state index contributed by atoms with van der Waals surface area (Å²) in [4.78, 5) is 0. The zero-order valence-corrected chi connectivity index (χ0v) is 15.3. The molecule has 0 saturated carbocycles. The molecular formula is C18H16BrN3OS. The standard InChI is InChI=1S/C18H16BrN3OS/c1-2-10-23-17-9-8-15(11-16(17)19)12-21-22-18(20)24-13-14-6-4-3-5-7-14/h1,3-9,11-12H,10,13H2,(H2,20,22). The Balaban J connectivity index is 1.90. The highest BCUT2D eigenvalue weighted by Crippen LogP contribution is 2.25. The SMILES string of the molecule is C#CCOc1ccc(C=NN=C(N)SCc2ccccc2)cc1Br. The Labute approximate surface area is 154 Å². The third-order valence-electron chi connectivity index (χ3n) is 2.86. The summed E-state index contributed by atoms with van der Waals surface area (Å²) in [6, 6.07) is 15.6. The van der Waals surface area contributed by atoms with Gasteiger partial charge >= 0.3 is 0 Å². The maximum Gasteiger partial charge on any atom is 0.180 e. The van der Waals surface area contributed by atoms with E-state index in [4.69, 9.17) is 16.9 Å². The summed E-state index contributed by atoms with van der Waals surface area (Å²) in [7, 11) is 0. The van der Waals surface area contributed by atoms with Gasteiger partial charge in [-0.05, 0) is 45.3 Å². The number of nitrogens with zero attached hydrogens (tertiary/aromatic N) is 2. The van der Waals surface area contributed by atoms with Gasteiger partial charge < -0.3 is 10.5 Å². The molecule has 0 amide bonds. The van der Waals surface area contributed by atoms with Gasteiger partial charge in [0.1, 0.15) is 12.4 Å². The van der Waals surface area contributed by atoms with Crippen LogP contribution in [0.1, 0.15) is 11.1 Å². The summed E-state index contributed by atoms with van der Waals surface area (Å²) in [5, 5.41) is 8.42. The van der Waals surface area contributed by atoms with E-state index in [9.17, 15) is 0 Å². The van der Waals surface area contributed by atoms with Crippen molar-refractivity contribution >= 4 is 39.1 Å². The fraction of sp³-hybridized carbons (Fsp3) is 0.111. The second-order valence-electron chi connectivity index (χ2n) is 4.64. The van der Waals surface area contributed by atoms with Crippen LogP contribution in [-0.2, 0) is 5.75 Å². The van der Waals surface area contributed by atoms with Crippen molar-refractivity contribution in [3.8, 4) is 18.1 Å². The van der Waals surface area contributed by atoms with Gasteiger partial charge in [0, 0.05) is 5.75 Å². The van der Waals surface area contributed by atoms with E-state index in [1.54, 1.807) is 6.21 Å². The Morgan fingerprint density at radius 3 is 2.79 bits per heavy atom. The predicted molar refractivity (Wildman–Crippen MR) is 105 cm³/mol. The van der Waals surface area contributed by atoms with Crippen LogP contribution < -0.4 is 10.5 Å². The number of ether oxygens (including phenoxy) is 1. The predicted octanol–water partition coefficient (Wildman–Crippen LogP) is 4.04. The van der Waals surface area contributed by atoms with Gasteiger partial charge in [-0.2, -0.15) is 5.10 Å². The topological polar surface area (TPSA) is 60.0 Å². The minimum absolute atomic E-state index is 0.228. The molecule has 6 heteroatoms. The first kappa shape index (κ1) is 18.1. The summed E-state index contributed by atoms with van der Waals surface area (Å²) in [5.74, 6) is 3.87. The molecule has 0 atom stereocenters. The fourth-order valence-corrected chi connectivity index (χ4v) is 2.87. The highest BCUT2D eigenvalue weighted by Gasteiger charge is 2.01. The van der Waals surface area contributed by atoms with Crippen molar-refractivity contribution < 1.29 is 4.74 Å². The average molecular weight is 402 g/mol. The summed E-state index contributed by atoms with van der Waals surface area (Å²) >= 11 is 4.87. The van der Waals surface area contributed by atoms with Gasteiger partial charge in [0.2, 0.25) is 0 Å². The van der Waals surface area contributed by atoms with E-state index in [1.165, 1.54) is 17.3 Å². The molecule has 2 N–H and O–H groups in total. The van der Waals surface area contributed by atoms with Gasteiger partial charge in [-0.1, -0.05) is 48.0 Å². The largest absolute Gasteiger partial charge is 0.480 e. The zero-order valence-electron chi connectivity index (χ0n) is 12.9. The lowest BCUT2D eigenvalue weighted by molar-refractivity contribution is 0.368. The lowest BCUT2D eigenvalue weighted by Crippen LogP contribution is -2.06.